The summed E-state index contributed by atoms with van der Waals surface area (Å²) in [5, 5.41) is 9.11. The summed E-state index contributed by atoms with van der Waals surface area (Å²) < 4.78 is 0. The summed E-state index contributed by atoms with van der Waals surface area (Å²) >= 11 is 0. The molecule has 0 aromatic rings. The van der Waals surface area contributed by atoms with Crippen LogP contribution in [0.1, 0.15) is 66.7 Å². The van der Waals surface area contributed by atoms with Crippen molar-refractivity contribution in [1.82, 2.24) is 0 Å². The van der Waals surface area contributed by atoms with Crippen LogP contribution >= 0.6 is 0 Å². The number of aliphatic hydroxyl groups is 1. The first-order chi connectivity index (χ1) is 12.6. The maximum Gasteiger partial charge on any atom is 0.108 e. The zero-order chi connectivity index (χ0) is 21.0. The van der Waals surface area contributed by atoms with E-state index in [-0.39, 0.29) is 5.76 Å². The SMILES string of the molecule is C=C(O)/C=C\C(=C)C(=C)/C=C\C(=C)C(C)CCC(C)C(C)CCC(C)CC. The summed E-state index contributed by atoms with van der Waals surface area (Å²) in [6, 6.07) is 0. The van der Waals surface area contributed by atoms with Gasteiger partial charge in [0.15, 0.2) is 0 Å². The summed E-state index contributed by atoms with van der Waals surface area (Å²) in [7, 11) is 0. The Hall–Kier alpha value is -1.76. The second kappa shape index (κ2) is 13.4. The van der Waals surface area contributed by atoms with Crippen molar-refractivity contribution in [2.24, 2.45) is 23.7 Å². The van der Waals surface area contributed by atoms with Gasteiger partial charge in [-0.1, -0.05) is 104 Å². The van der Waals surface area contributed by atoms with Crippen LogP contribution in [0.5, 0.6) is 0 Å². The van der Waals surface area contributed by atoms with Crippen LogP contribution in [-0.2, 0) is 0 Å². The van der Waals surface area contributed by atoms with Gasteiger partial charge in [0.05, 0.1) is 0 Å². The van der Waals surface area contributed by atoms with Gasteiger partial charge in [0.1, 0.15) is 5.76 Å². The van der Waals surface area contributed by atoms with Gasteiger partial charge in [0.2, 0.25) is 0 Å². The summed E-state index contributed by atoms with van der Waals surface area (Å²) in [6.07, 6.45) is 13.6. The van der Waals surface area contributed by atoms with Gasteiger partial charge in [0.25, 0.3) is 0 Å². The molecule has 0 heterocycles. The van der Waals surface area contributed by atoms with Crippen LogP contribution in [0.4, 0.5) is 0 Å². The highest BCUT2D eigenvalue weighted by Gasteiger charge is 2.15. The number of aliphatic hydroxyl groups excluding tert-OH is 1. The lowest BCUT2D eigenvalue weighted by Gasteiger charge is -2.23. The van der Waals surface area contributed by atoms with E-state index in [4.69, 9.17) is 5.11 Å². The Kier molecular flexibility index (Phi) is 12.5. The van der Waals surface area contributed by atoms with Crippen LogP contribution in [0.2, 0.25) is 0 Å². The van der Waals surface area contributed by atoms with Crippen LogP contribution in [-0.4, -0.2) is 5.11 Å². The summed E-state index contributed by atoms with van der Waals surface area (Å²) in [5.74, 6) is 2.85. The van der Waals surface area contributed by atoms with Crippen molar-refractivity contribution in [2.45, 2.75) is 66.7 Å². The van der Waals surface area contributed by atoms with Crippen LogP contribution in [0.25, 0.3) is 0 Å². The quantitative estimate of drug-likeness (QED) is 0.240. The first-order valence-electron chi connectivity index (χ1n) is 10.4. The molecule has 0 amide bonds. The molecule has 1 N–H and O–H groups in total. The van der Waals surface area contributed by atoms with Crippen molar-refractivity contribution >= 4 is 0 Å². The highest BCUT2D eigenvalue weighted by Crippen LogP contribution is 2.27. The lowest BCUT2D eigenvalue weighted by atomic mass is 9.83. The molecule has 152 valence electrons. The monoisotopic (exact) mass is 370 g/mol. The Morgan fingerprint density at radius 1 is 0.741 bits per heavy atom. The van der Waals surface area contributed by atoms with Crippen molar-refractivity contribution in [3.8, 4) is 0 Å². The molecule has 0 saturated heterocycles. The van der Waals surface area contributed by atoms with Crippen molar-refractivity contribution in [2.75, 3.05) is 0 Å². The van der Waals surface area contributed by atoms with Gasteiger partial charge < -0.3 is 5.11 Å². The van der Waals surface area contributed by atoms with E-state index >= 15 is 0 Å². The highest BCUT2D eigenvalue weighted by atomic mass is 16.3. The second-order valence-corrected chi connectivity index (χ2v) is 8.31. The maximum atomic E-state index is 9.11. The predicted octanol–water partition coefficient (Wildman–Crippen LogP) is 8.35. The van der Waals surface area contributed by atoms with Crippen molar-refractivity contribution in [3.05, 3.63) is 73.1 Å². The molecule has 27 heavy (non-hydrogen) atoms. The predicted molar refractivity (Wildman–Crippen MR) is 123 cm³/mol. The summed E-state index contributed by atoms with van der Waals surface area (Å²) in [5.41, 5.74) is 2.69. The third-order valence-corrected chi connectivity index (χ3v) is 5.86. The molecule has 0 aromatic heterocycles. The molecular weight excluding hydrogens is 328 g/mol. The van der Waals surface area contributed by atoms with Gasteiger partial charge >= 0.3 is 0 Å². The first kappa shape index (κ1) is 25.2. The number of rotatable bonds is 14. The minimum Gasteiger partial charge on any atom is -0.509 e. The molecule has 0 aromatic carbocycles. The molecule has 1 heteroatoms. The molecule has 0 fully saturated rings. The summed E-state index contributed by atoms with van der Waals surface area (Å²) in [6.45, 7) is 27.3. The molecule has 0 rings (SSSR count). The fourth-order valence-electron chi connectivity index (χ4n) is 2.80. The van der Waals surface area contributed by atoms with Crippen LogP contribution in [0, 0.1) is 23.7 Å². The molecule has 1 nitrogen and oxygen atoms in total. The van der Waals surface area contributed by atoms with Crippen LogP contribution in [0.15, 0.2) is 73.1 Å². The van der Waals surface area contributed by atoms with E-state index in [1.807, 2.05) is 12.2 Å². The largest absolute Gasteiger partial charge is 0.509 e. The van der Waals surface area contributed by atoms with Crippen molar-refractivity contribution < 1.29 is 5.11 Å². The molecular formula is C26H42O. The number of hydrogen-bond acceptors (Lipinski definition) is 1. The molecule has 0 bridgehead atoms. The Morgan fingerprint density at radius 2 is 1.22 bits per heavy atom. The molecule has 0 spiro atoms. The van der Waals surface area contributed by atoms with E-state index in [0.29, 0.717) is 5.92 Å². The van der Waals surface area contributed by atoms with Gasteiger partial charge in [-0.3, -0.25) is 0 Å². The van der Waals surface area contributed by atoms with E-state index < -0.39 is 0 Å². The smallest absolute Gasteiger partial charge is 0.108 e. The van der Waals surface area contributed by atoms with E-state index in [2.05, 4.69) is 60.9 Å². The third-order valence-electron chi connectivity index (χ3n) is 5.86. The van der Waals surface area contributed by atoms with E-state index in [1.165, 1.54) is 31.8 Å². The van der Waals surface area contributed by atoms with Gasteiger partial charge in [-0.15, -0.1) is 0 Å². The molecule has 0 aliphatic heterocycles. The van der Waals surface area contributed by atoms with Gasteiger partial charge in [-0.05, 0) is 53.7 Å². The van der Waals surface area contributed by atoms with E-state index in [9.17, 15) is 0 Å². The third kappa shape index (κ3) is 11.5. The number of hydrogen-bond donors (Lipinski definition) is 1. The van der Waals surface area contributed by atoms with Crippen LogP contribution in [0.3, 0.4) is 0 Å². The Balaban J connectivity index is 4.39. The summed E-state index contributed by atoms with van der Waals surface area (Å²) in [4.78, 5) is 0. The molecule has 0 saturated carbocycles. The average Bonchev–Trinajstić information content (AvgIpc) is 2.64. The topological polar surface area (TPSA) is 20.2 Å². The first-order valence-corrected chi connectivity index (χ1v) is 10.4. The second-order valence-electron chi connectivity index (χ2n) is 8.31. The normalized spacial score (nSPS) is 16.2. The minimum absolute atomic E-state index is 0.0125. The molecule has 0 aliphatic carbocycles. The standard InChI is InChI=1S/C26H42O/c1-10-19(2)11-12-20(3)21(4)13-14-22(5)23(6)15-16-24(7)25(8)17-18-26(9)27/h15-22,27H,6-14H2,1-5H3/b16-15-,18-17-. The van der Waals surface area contributed by atoms with Gasteiger partial charge in [-0.2, -0.15) is 0 Å². The Morgan fingerprint density at radius 3 is 1.70 bits per heavy atom. The lowest BCUT2D eigenvalue weighted by Crippen LogP contribution is -2.11. The zero-order valence-electron chi connectivity index (χ0n) is 18.4. The molecule has 4 atom stereocenters. The van der Waals surface area contributed by atoms with E-state index in [0.717, 1.165) is 40.9 Å². The molecule has 0 aliphatic rings. The molecule has 4 unspecified atom stereocenters. The Bertz CT molecular complexity index is 561. The van der Waals surface area contributed by atoms with Gasteiger partial charge in [-0.25, -0.2) is 0 Å². The van der Waals surface area contributed by atoms with Crippen molar-refractivity contribution in [3.63, 3.8) is 0 Å². The lowest BCUT2D eigenvalue weighted by molar-refractivity contribution is 0.301. The number of allylic oxidation sites excluding steroid dienone is 7. The van der Waals surface area contributed by atoms with Crippen LogP contribution < -0.4 is 0 Å². The zero-order valence-corrected chi connectivity index (χ0v) is 18.4. The minimum atomic E-state index is 0.0125. The average molecular weight is 371 g/mol. The Labute approximate surface area is 169 Å². The molecule has 0 radical (unpaired) electrons. The fourth-order valence-corrected chi connectivity index (χ4v) is 2.80. The van der Waals surface area contributed by atoms with Gasteiger partial charge in [0, 0.05) is 0 Å². The van der Waals surface area contributed by atoms with Crippen molar-refractivity contribution in [1.29, 1.82) is 0 Å². The maximum absolute atomic E-state index is 9.11. The van der Waals surface area contributed by atoms with E-state index in [1.54, 1.807) is 6.08 Å². The fraction of sp³-hybridized carbons (Fsp3) is 0.538. The highest BCUT2D eigenvalue weighted by molar-refractivity contribution is 5.45.